The van der Waals surface area contributed by atoms with Gasteiger partial charge in [0.15, 0.2) is 5.78 Å². The number of ether oxygens (including phenoxy) is 2. The molecule has 172 valence electrons. The van der Waals surface area contributed by atoms with Gasteiger partial charge in [-0.05, 0) is 73.1 Å². The van der Waals surface area contributed by atoms with Crippen LogP contribution in [0.15, 0.2) is 66.7 Å². The second-order valence-corrected chi connectivity index (χ2v) is 8.50. The topological polar surface area (TPSA) is 55.8 Å². The summed E-state index contributed by atoms with van der Waals surface area (Å²) in [6.07, 6.45) is 1.03. The van der Waals surface area contributed by atoms with E-state index in [2.05, 4.69) is 4.90 Å². The summed E-state index contributed by atoms with van der Waals surface area (Å²) in [6.45, 7) is 3.66. The van der Waals surface area contributed by atoms with E-state index in [4.69, 9.17) is 9.47 Å². The number of hydrogen-bond donors (Lipinski definition) is 0. The Morgan fingerprint density at radius 3 is 2.39 bits per heavy atom. The molecule has 0 radical (unpaired) electrons. The maximum Gasteiger partial charge on any atom is 0.303 e. The monoisotopic (exact) mass is 449 g/mol. The molecule has 5 nitrogen and oxygen atoms in total. The molecule has 0 aromatic heterocycles. The van der Waals surface area contributed by atoms with Gasteiger partial charge in [0.25, 0.3) is 0 Å². The van der Waals surface area contributed by atoms with E-state index in [1.807, 2.05) is 42.5 Å². The zero-order chi connectivity index (χ0) is 23.2. The van der Waals surface area contributed by atoms with Crippen LogP contribution in [0.25, 0.3) is 10.8 Å². The van der Waals surface area contributed by atoms with Crippen LogP contribution in [0.5, 0.6) is 5.75 Å². The van der Waals surface area contributed by atoms with E-state index in [-0.39, 0.29) is 30.1 Å². The van der Waals surface area contributed by atoms with Crippen LogP contribution < -0.4 is 4.74 Å². The lowest BCUT2D eigenvalue weighted by atomic mass is 9.89. The van der Waals surface area contributed by atoms with Crippen LogP contribution in [0.2, 0.25) is 0 Å². The number of fused-ring (bicyclic) bond motifs is 1. The zero-order valence-electron chi connectivity index (χ0n) is 18.7. The molecule has 3 aromatic rings. The summed E-state index contributed by atoms with van der Waals surface area (Å²) in [5.41, 5.74) is 0.552. The summed E-state index contributed by atoms with van der Waals surface area (Å²) in [5.74, 6) is 0.0280. The van der Waals surface area contributed by atoms with Crippen LogP contribution >= 0.6 is 0 Å². The molecule has 4 rings (SSSR count). The molecule has 1 aliphatic heterocycles. The number of halogens is 1. The molecule has 1 fully saturated rings. The van der Waals surface area contributed by atoms with Crippen molar-refractivity contribution in [2.75, 3.05) is 26.2 Å². The maximum atomic E-state index is 13.1. The molecule has 6 heteroatoms. The van der Waals surface area contributed by atoms with E-state index in [1.54, 1.807) is 12.1 Å². The smallest absolute Gasteiger partial charge is 0.303 e. The van der Waals surface area contributed by atoms with Crippen LogP contribution in [0.1, 0.15) is 30.1 Å². The Morgan fingerprint density at radius 2 is 1.70 bits per heavy atom. The molecule has 1 unspecified atom stereocenters. The van der Waals surface area contributed by atoms with Crippen molar-refractivity contribution in [1.29, 1.82) is 0 Å². The van der Waals surface area contributed by atoms with Crippen molar-refractivity contribution in [3.8, 4) is 5.75 Å². The Hall–Kier alpha value is -3.25. The fourth-order valence-electron chi connectivity index (χ4n) is 4.32. The third-order valence-electron chi connectivity index (χ3n) is 6.04. The molecule has 0 aliphatic carbocycles. The average molecular weight is 450 g/mol. The molecular weight excluding hydrogens is 421 g/mol. The quantitative estimate of drug-likeness (QED) is 0.362. The number of likely N-dealkylation sites (tertiary alicyclic amines) is 1. The Kier molecular flexibility index (Phi) is 7.35. The number of piperidine rings is 1. The molecule has 0 spiro atoms. The minimum atomic E-state index is -0.404. The number of carbonyl (C=O) groups excluding carboxylic acids is 2. The van der Waals surface area contributed by atoms with Crippen molar-refractivity contribution in [2.45, 2.75) is 25.9 Å². The number of ketones is 1. The highest BCUT2D eigenvalue weighted by Crippen LogP contribution is 2.23. The number of hydrogen-bond acceptors (Lipinski definition) is 5. The fraction of sp³-hybridized carbons (Fsp3) is 0.333. The van der Waals surface area contributed by atoms with E-state index < -0.39 is 6.10 Å². The molecular formula is C27H28FNO4. The molecule has 1 heterocycles. The van der Waals surface area contributed by atoms with Gasteiger partial charge in [0.05, 0.1) is 0 Å². The number of carbonyl (C=O) groups is 2. The highest BCUT2D eigenvalue weighted by atomic mass is 19.1. The summed E-state index contributed by atoms with van der Waals surface area (Å²) in [7, 11) is 0. The Morgan fingerprint density at radius 1 is 1.00 bits per heavy atom. The Labute approximate surface area is 193 Å². The predicted molar refractivity (Wildman–Crippen MR) is 125 cm³/mol. The van der Waals surface area contributed by atoms with Gasteiger partial charge in [-0.3, -0.25) is 14.5 Å². The van der Waals surface area contributed by atoms with E-state index in [0.717, 1.165) is 29.6 Å². The molecule has 33 heavy (non-hydrogen) atoms. The van der Waals surface area contributed by atoms with Crippen molar-refractivity contribution in [3.05, 3.63) is 78.1 Å². The lowest BCUT2D eigenvalue weighted by Crippen LogP contribution is -2.43. The first-order valence-electron chi connectivity index (χ1n) is 11.3. The number of benzene rings is 3. The molecule has 1 saturated heterocycles. The van der Waals surface area contributed by atoms with Crippen molar-refractivity contribution in [3.63, 3.8) is 0 Å². The number of nitrogens with zero attached hydrogens (tertiary/aromatic N) is 1. The molecule has 0 saturated carbocycles. The average Bonchev–Trinajstić information content (AvgIpc) is 2.82. The van der Waals surface area contributed by atoms with Crippen molar-refractivity contribution in [2.24, 2.45) is 5.92 Å². The lowest BCUT2D eigenvalue weighted by molar-refractivity contribution is -0.149. The molecule has 0 N–H and O–H groups in total. The van der Waals surface area contributed by atoms with Crippen molar-refractivity contribution in [1.82, 2.24) is 4.90 Å². The van der Waals surface area contributed by atoms with Crippen LogP contribution in [0, 0.1) is 11.7 Å². The van der Waals surface area contributed by atoms with Gasteiger partial charge in [-0.25, -0.2) is 4.39 Å². The van der Waals surface area contributed by atoms with Gasteiger partial charge in [-0.2, -0.15) is 0 Å². The minimum Gasteiger partial charge on any atom is -0.490 e. The van der Waals surface area contributed by atoms with Gasteiger partial charge in [0.2, 0.25) is 0 Å². The third-order valence-corrected chi connectivity index (χ3v) is 6.04. The van der Waals surface area contributed by atoms with E-state index >= 15 is 0 Å². The molecule has 0 bridgehead atoms. The number of esters is 1. The van der Waals surface area contributed by atoms with Crippen LogP contribution in [0.4, 0.5) is 4.39 Å². The number of Topliss-reactive ketones (excluding diaryl/α,β-unsaturated/α-hetero) is 1. The van der Waals surface area contributed by atoms with Crippen LogP contribution in [-0.2, 0) is 9.53 Å². The fourth-order valence-corrected chi connectivity index (χ4v) is 4.32. The summed E-state index contributed by atoms with van der Waals surface area (Å²) < 4.78 is 24.6. The highest BCUT2D eigenvalue weighted by molar-refractivity contribution is 5.97. The summed E-state index contributed by atoms with van der Waals surface area (Å²) in [4.78, 5) is 26.5. The van der Waals surface area contributed by atoms with Crippen molar-refractivity contribution >= 4 is 22.5 Å². The second kappa shape index (κ2) is 10.6. The van der Waals surface area contributed by atoms with Crippen LogP contribution in [0.3, 0.4) is 0 Å². The molecule has 3 aromatic carbocycles. The van der Waals surface area contributed by atoms with Gasteiger partial charge in [-0.1, -0.05) is 30.3 Å². The summed E-state index contributed by atoms with van der Waals surface area (Å²) in [5, 5.41) is 2.23. The standard InChI is InChI=1S/C27H28FNO4/c1-19(30)33-26(18-32-25-11-8-20-4-2-3-5-23(20)16-25)17-29-14-12-22(13-15-29)27(31)21-6-9-24(28)10-7-21/h2-11,16,22,26H,12-15,17-18H2,1H3. The molecule has 0 amide bonds. The van der Waals surface area contributed by atoms with E-state index in [0.29, 0.717) is 24.9 Å². The lowest BCUT2D eigenvalue weighted by Gasteiger charge is -2.33. The first-order valence-corrected chi connectivity index (χ1v) is 11.3. The zero-order valence-corrected chi connectivity index (χ0v) is 18.7. The van der Waals surface area contributed by atoms with Gasteiger partial charge < -0.3 is 9.47 Å². The maximum absolute atomic E-state index is 13.1. The van der Waals surface area contributed by atoms with E-state index in [1.165, 1.54) is 19.1 Å². The second-order valence-electron chi connectivity index (χ2n) is 8.50. The Bertz CT molecular complexity index is 1110. The van der Waals surface area contributed by atoms with Crippen LogP contribution in [-0.4, -0.2) is 49.0 Å². The van der Waals surface area contributed by atoms with Gasteiger partial charge >= 0.3 is 5.97 Å². The van der Waals surface area contributed by atoms with Gasteiger partial charge in [-0.15, -0.1) is 0 Å². The predicted octanol–water partition coefficient (Wildman–Crippen LogP) is 4.88. The molecule has 1 atom stereocenters. The number of rotatable bonds is 8. The minimum absolute atomic E-state index is 0.0609. The van der Waals surface area contributed by atoms with Gasteiger partial charge in [0.1, 0.15) is 24.3 Å². The highest BCUT2D eigenvalue weighted by Gasteiger charge is 2.28. The Balaban J connectivity index is 1.31. The normalized spacial score (nSPS) is 15.8. The molecule has 1 aliphatic rings. The summed E-state index contributed by atoms with van der Waals surface area (Å²) >= 11 is 0. The first kappa shape index (κ1) is 22.9. The first-order chi connectivity index (χ1) is 16.0. The SMILES string of the molecule is CC(=O)OC(COc1ccc2ccccc2c1)CN1CCC(C(=O)c2ccc(F)cc2)CC1. The van der Waals surface area contributed by atoms with Crippen molar-refractivity contribution < 1.29 is 23.5 Å². The van der Waals surface area contributed by atoms with Gasteiger partial charge in [0, 0.05) is 24.9 Å². The third kappa shape index (κ3) is 6.17. The largest absolute Gasteiger partial charge is 0.490 e. The van der Waals surface area contributed by atoms with E-state index in [9.17, 15) is 14.0 Å². The summed E-state index contributed by atoms with van der Waals surface area (Å²) in [6, 6.07) is 19.7.